The Balaban J connectivity index is 2.60. The molecule has 0 bridgehead atoms. The second-order valence-electron chi connectivity index (χ2n) is 3.55. The average Bonchev–Trinajstić information content (AvgIpc) is 2.59. The van der Waals surface area contributed by atoms with E-state index in [2.05, 4.69) is 21.0 Å². The van der Waals surface area contributed by atoms with Gasteiger partial charge in [0.25, 0.3) is 0 Å². The fourth-order valence-corrected chi connectivity index (χ4v) is 2.04. The second-order valence-corrected chi connectivity index (χ2v) is 4.41. The summed E-state index contributed by atoms with van der Waals surface area (Å²) in [7, 11) is 3.24. The van der Waals surface area contributed by atoms with Crippen molar-refractivity contribution in [3.63, 3.8) is 0 Å². The van der Waals surface area contributed by atoms with Gasteiger partial charge in [-0.3, -0.25) is 4.68 Å². The van der Waals surface area contributed by atoms with Crippen LogP contribution in [0.2, 0.25) is 0 Å². The van der Waals surface area contributed by atoms with Crippen LogP contribution in [-0.2, 0) is 7.05 Å². The van der Waals surface area contributed by atoms with Gasteiger partial charge in [0.1, 0.15) is 5.82 Å². The number of methoxy groups -OCH3 is 1. The van der Waals surface area contributed by atoms with Crippen LogP contribution in [0.25, 0.3) is 11.3 Å². The van der Waals surface area contributed by atoms with E-state index >= 15 is 0 Å². The number of phenols is 1. The monoisotopic (exact) mass is 297 g/mol. The lowest BCUT2D eigenvalue weighted by Crippen LogP contribution is -1.96. The molecule has 5 nitrogen and oxygen atoms in total. The van der Waals surface area contributed by atoms with E-state index in [-0.39, 0.29) is 5.75 Å². The number of nitrogens with zero attached hydrogens (tertiary/aromatic N) is 2. The SMILES string of the molecule is COc1c(Br)ccc(-c2cc(N)n(C)n2)c1O. The van der Waals surface area contributed by atoms with Crippen LogP contribution in [0.1, 0.15) is 0 Å². The van der Waals surface area contributed by atoms with Crippen molar-refractivity contribution in [2.24, 2.45) is 7.05 Å². The highest BCUT2D eigenvalue weighted by molar-refractivity contribution is 9.10. The number of ether oxygens (including phenoxy) is 1. The van der Waals surface area contributed by atoms with Crippen molar-refractivity contribution >= 4 is 21.7 Å². The molecular weight excluding hydrogens is 286 g/mol. The van der Waals surface area contributed by atoms with E-state index in [1.54, 1.807) is 29.9 Å². The number of rotatable bonds is 2. The topological polar surface area (TPSA) is 73.3 Å². The molecule has 0 atom stereocenters. The summed E-state index contributed by atoms with van der Waals surface area (Å²) in [5.74, 6) is 0.952. The molecule has 0 fully saturated rings. The van der Waals surface area contributed by atoms with Crippen molar-refractivity contribution in [2.75, 3.05) is 12.8 Å². The number of hydrogen-bond donors (Lipinski definition) is 2. The number of nitrogens with two attached hydrogens (primary N) is 1. The van der Waals surface area contributed by atoms with Crippen LogP contribution in [0, 0.1) is 0 Å². The van der Waals surface area contributed by atoms with E-state index in [0.29, 0.717) is 27.3 Å². The minimum absolute atomic E-state index is 0.0416. The molecule has 2 aromatic rings. The van der Waals surface area contributed by atoms with E-state index in [1.807, 2.05) is 0 Å². The molecule has 0 aliphatic rings. The average molecular weight is 298 g/mol. The number of aromatic nitrogens is 2. The van der Waals surface area contributed by atoms with Crippen LogP contribution in [0.5, 0.6) is 11.5 Å². The van der Waals surface area contributed by atoms with Crippen LogP contribution in [0.3, 0.4) is 0 Å². The molecule has 0 saturated heterocycles. The summed E-state index contributed by atoms with van der Waals surface area (Å²) in [5.41, 5.74) is 6.89. The summed E-state index contributed by atoms with van der Waals surface area (Å²) in [6.07, 6.45) is 0. The zero-order valence-electron chi connectivity index (χ0n) is 9.44. The van der Waals surface area contributed by atoms with Crippen LogP contribution < -0.4 is 10.5 Å². The predicted molar refractivity (Wildman–Crippen MR) is 69.0 cm³/mol. The van der Waals surface area contributed by atoms with Crippen molar-refractivity contribution < 1.29 is 9.84 Å². The van der Waals surface area contributed by atoms with Crippen molar-refractivity contribution in [2.45, 2.75) is 0 Å². The molecule has 0 radical (unpaired) electrons. The molecular formula is C11H12BrN3O2. The lowest BCUT2D eigenvalue weighted by molar-refractivity contribution is 0.372. The number of hydrogen-bond acceptors (Lipinski definition) is 4. The van der Waals surface area contributed by atoms with Gasteiger partial charge in [-0.15, -0.1) is 0 Å². The Hall–Kier alpha value is -1.69. The lowest BCUT2D eigenvalue weighted by atomic mass is 10.1. The molecule has 17 heavy (non-hydrogen) atoms. The zero-order chi connectivity index (χ0) is 12.6. The fourth-order valence-electron chi connectivity index (χ4n) is 1.56. The lowest BCUT2D eigenvalue weighted by Gasteiger charge is -2.08. The molecule has 0 aliphatic carbocycles. The zero-order valence-corrected chi connectivity index (χ0v) is 11.0. The Bertz CT molecular complexity index is 547. The van der Waals surface area contributed by atoms with Crippen molar-refractivity contribution in [1.82, 2.24) is 9.78 Å². The molecule has 1 aromatic carbocycles. The van der Waals surface area contributed by atoms with Crippen molar-refractivity contribution in [3.8, 4) is 22.8 Å². The first-order valence-corrected chi connectivity index (χ1v) is 5.69. The first-order valence-electron chi connectivity index (χ1n) is 4.90. The number of aromatic hydroxyl groups is 1. The van der Waals surface area contributed by atoms with Gasteiger partial charge in [0.2, 0.25) is 0 Å². The van der Waals surface area contributed by atoms with Gasteiger partial charge >= 0.3 is 0 Å². The largest absolute Gasteiger partial charge is 0.504 e. The Morgan fingerprint density at radius 3 is 2.71 bits per heavy atom. The smallest absolute Gasteiger partial charge is 0.175 e. The number of benzene rings is 1. The summed E-state index contributed by atoms with van der Waals surface area (Å²) < 4.78 is 7.34. The van der Waals surface area contributed by atoms with Gasteiger partial charge in [0.05, 0.1) is 17.3 Å². The van der Waals surface area contributed by atoms with Gasteiger partial charge in [0, 0.05) is 18.7 Å². The number of phenolic OH excluding ortho intramolecular Hbond substituents is 1. The molecule has 6 heteroatoms. The Morgan fingerprint density at radius 2 is 2.18 bits per heavy atom. The maximum atomic E-state index is 10.1. The second kappa shape index (κ2) is 4.29. The number of aryl methyl sites for hydroxylation is 1. The Labute approximate surface area is 107 Å². The van der Waals surface area contributed by atoms with Crippen LogP contribution in [0.4, 0.5) is 5.82 Å². The molecule has 0 saturated carbocycles. The van der Waals surface area contributed by atoms with Crippen molar-refractivity contribution in [1.29, 1.82) is 0 Å². The molecule has 0 unspecified atom stereocenters. The molecule has 3 N–H and O–H groups in total. The van der Waals surface area contributed by atoms with Gasteiger partial charge in [0.15, 0.2) is 11.5 Å². The summed E-state index contributed by atoms with van der Waals surface area (Å²) >= 11 is 3.30. The summed E-state index contributed by atoms with van der Waals surface area (Å²) in [4.78, 5) is 0. The predicted octanol–water partition coefficient (Wildman–Crippen LogP) is 2.15. The maximum Gasteiger partial charge on any atom is 0.175 e. The number of halogens is 1. The van der Waals surface area contributed by atoms with Crippen molar-refractivity contribution in [3.05, 3.63) is 22.7 Å². The molecule has 90 valence electrons. The van der Waals surface area contributed by atoms with Crippen LogP contribution in [0.15, 0.2) is 22.7 Å². The fraction of sp³-hybridized carbons (Fsp3) is 0.182. The third kappa shape index (κ3) is 1.95. The van der Waals surface area contributed by atoms with Gasteiger partial charge < -0.3 is 15.6 Å². The normalized spacial score (nSPS) is 10.5. The van der Waals surface area contributed by atoms with E-state index in [0.717, 1.165) is 0 Å². The van der Waals surface area contributed by atoms with Crippen LogP contribution >= 0.6 is 15.9 Å². The molecule has 0 spiro atoms. The summed E-state index contributed by atoms with van der Waals surface area (Å²) in [5, 5.41) is 14.3. The van der Waals surface area contributed by atoms with Gasteiger partial charge in [-0.1, -0.05) is 0 Å². The first-order chi connectivity index (χ1) is 8.04. The Kier molecular flexibility index (Phi) is 2.97. The van der Waals surface area contributed by atoms with Gasteiger partial charge in [-0.25, -0.2) is 0 Å². The molecule has 0 amide bonds. The number of anilines is 1. The molecule has 0 aliphatic heterocycles. The van der Waals surface area contributed by atoms with E-state index in [4.69, 9.17) is 10.5 Å². The highest BCUT2D eigenvalue weighted by Crippen LogP contribution is 2.41. The quantitative estimate of drug-likeness (QED) is 0.891. The standard InChI is InChI=1S/C11H12BrN3O2/c1-15-9(13)5-8(14-15)6-3-4-7(12)11(17-2)10(6)16/h3-5,16H,13H2,1-2H3. The molecule has 1 aromatic heterocycles. The van der Waals surface area contributed by atoms with E-state index < -0.39 is 0 Å². The molecule has 1 heterocycles. The summed E-state index contributed by atoms with van der Waals surface area (Å²) in [6.45, 7) is 0. The third-order valence-electron chi connectivity index (χ3n) is 2.48. The van der Waals surface area contributed by atoms with Gasteiger partial charge in [-0.2, -0.15) is 5.10 Å². The highest BCUT2D eigenvalue weighted by Gasteiger charge is 2.15. The van der Waals surface area contributed by atoms with E-state index in [9.17, 15) is 5.11 Å². The third-order valence-corrected chi connectivity index (χ3v) is 3.10. The summed E-state index contributed by atoms with van der Waals surface area (Å²) in [6, 6.07) is 5.24. The first kappa shape index (κ1) is 11.8. The minimum Gasteiger partial charge on any atom is -0.504 e. The maximum absolute atomic E-state index is 10.1. The molecule has 2 rings (SSSR count). The Morgan fingerprint density at radius 1 is 1.47 bits per heavy atom. The van der Waals surface area contributed by atoms with Crippen LogP contribution in [-0.4, -0.2) is 22.0 Å². The minimum atomic E-state index is 0.0416. The highest BCUT2D eigenvalue weighted by atomic mass is 79.9. The van der Waals surface area contributed by atoms with Gasteiger partial charge in [-0.05, 0) is 28.1 Å². The number of nitrogen functional groups attached to an aromatic ring is 1. The van der Waals surface area contributed by atoms with E-state index in [1.165, 1.54) is 7.11 Å².